The van der Waals surface area contributed by atoms with E-state index < -0.39 is 56.2 Å². The molecule has 1 aliphatic rings. The summed E-state index contributed by atoms with van der Waals surface area (Å²) >= 11 is 0. The van der Waals surface area contributed by atoms with Gasteiger partial charge in [-0.1, -0.05) is 0 Å². The van der Waals surface area contributed by atoms with Crippen molar-refractivity contribution in [3.05, 3.63) is 0 Å². The SMILES string of the molecule is CCO[C@@H]1O[C@@H](O[C@H](OC(O)CO)[C@@H](O)[C@@H](C)O)C(O)[C@@H]1O. The Bertz CT molecular complexity index is 314. The van der Waals surface area contributed by atoms with Gasteiger partial charge in [-0.2, -0.15) is 0 Å². The maximum Gasteiger partial charge on any atom is 0.192 e. The standard InChI is InChI=1S/C12H24O10/c1-3-19-10-8(17)9(18)12(21-10)22-11(7(16)5(2)14)20-6(15)4-13/h5-18H,3-4H2,1-2H3/t5-,6?,7+,8+,9?,10-,11+,12+/m1/s1. The molecule has 1 fully saturated rings. The molecule has 0 bridgehead atoms. The summed E-state index contributed by atoms with van der Waals surface area (Å²) in [6.45, 7) is 2.36. The second kappa shape index (κ2) is 9.03. The molecule has 2 unspecified atom stereocenters. The Balaban J connectivity index is 2.72. The lowest BCUT2D eigenvalue weighted by Crippen LogP contribution is -2.46. The Morgan fingerprint density at radius 1 is 1.09 bits per heavy atom. The lowest BCUT2D eigenvalue weighted by molar-refractivity contribution is -0.334. The minimum absolute atomic E-state index is 0.223. The Kier molecular flexibility index (Phi) is 8.07. The average molecular weight is 328 g/mol. The topological polar surface area (TPSA) is 158 Å². The van der Waals surface area contributed by atoms with Crippen molar-refractivity contribution in [1.82, 2.24) is 0 Å². The van der Waals surface area contributed by atoms with Crippen LogP contribution < -0.4 is 0 Å². The van der Waals surface area contributed by atoms with Crippen LogP contribution in [0.2, 0.25) is 0 Å². The van der Waals surface area contributed by atoms with Crippen molar-refractivity contribution in [2.45, 2.75) is 63.4 Å². The molecule has 1 aliphatic heterocycles. The zero-order valence-electron chi connectivity index (χ0n) is 12.3. The van der Waals surface area contributed by atoms with Gasteiger partial charge in [0.2, 0.25) is 0 Å². The van der Waals surface area contributed by atoms with Crippen LogP contribution in [0.3, 0.4) is 0 Å². The molecule has 0 aromatic rings. The van der Waals surface area contributed by atoms with Crippen molar-refractivity contribution in [2.24, 2.45) is 0 Å². The molecular weight excluding hydrogens is 304 g/mol. The number of ether oxygens (including phenoxy) is 4. The monoisotopic (exact) mass is 328 g/mol. The van der Waals surface area contributed by atoms with Crippen molar-refractivity contribution >= 4 is 0 Å². The molecule has 10 heteroatoms. The third-order valence-electron chi connectivity index (χ3n) is 3.00. The molecule has 1 saturated heterocycles. The van der Waals surface area contributed by atoms with Crippen LogP contribution in [-0.2, 0) is 18.9 Å². The smallest absolute Gasteiger partial charge is 0.192 e. The van der Waals surface area contributed by atoms with Gasteiger partial charge in [-0.3, -0.25) is 0 Å². The summed E-state index contributed by atoms with van der Waals surface area (Å²) in [5.41, 5.74) is 0. The van der Waals surface area contributed by atoms with E-state index >= 15 is 0 Å². The lowest BCUT2D eigenvalue weighted by Gasteiger charge is -2.29. The summed E-state index contributed by atoms with van der Waals surface area (Å²) in [4.78, 5) is 0. The molecule has 0 radical (unpaired) electrons. The van der Waals surface area contributed by atoms with Crippen molar-refractivity contribution in [3.8, 4) is 0 Å². The molecule has 1 rings (SSSR count). The minimum Gasteiger partial charge on any atom is -0.391 e. The Labute approximate surface area is 127 Å². The molecule has 0 saturated carbocycles. The Morgan fingerprint density at radius 3 is 2.18 bits per heavy atom. The first-order valence-electron chi connectivity index (χ1n) is 6.91. The quantitative estimate of drug-likeness (QED) is 0.239. The van der Waals surface area contributed by atoms with E-state index in [2.05, 4.69) is 0 Å². The van der Waals surface area contributed by atoms with Gasteiger partial charge in [0.1, 0.15) is 18.3 Å². The van der Waals surface area contributed by atoms with Gasteiger partial charge in [0, 0.05) is 6.61 Å². The summed E-state index contributed by atoms with van der Waals surface area (Å²) in [5.74, 6) is 0. The maximum atomic E-state index is 9.82. The van der Waals surface area contributed by atoms with Crippen LogP contribution >= 0.6 is 0 Å². The van der Waals surface area contributed by atoms with E-state index in [4.69, 9.17) is 24.1 Å². The first-order chi connectivity index (χ1) is 10.3. The fourth-order valence-electron chi connectivity index (χ4n) is 1.78. The number of hydrogen-bond donors (Lipinski definition) is 6. The number of aliphatic hydroxyl groups excluding tert-OH is 6. The summed E-state index contributed by atoms with van der Waals surface area (Å²) in [6, 6.07) is 0. The van der Waals surface area contributed by atoms with Crippen molar-refractivity contribution < 1.29 is 49.6 Å². The molecule has 22 heavy (non-hydrogen) atoms. The average Bonchev–Trinajstić information content (AvgIpc) is 2.74. The predicted octanol–water partition coefficient (Wildman–Crippen LogP) is -3.16. The van der Waals surface area contributed by atoms with Crippen molar-refractivity contribution in [2.75, 3.05) is 13.2 Å². The summed E-state index contributed by atoms with van der Waals surface area (Å²) < 4.78 is 20.2. The number of rotatable bonds is 9. The van der Waals surface area contributed by atoms with E-state index in [1.165, 1.54) is 6.92 Å². The molecule has 0 aliphatic carbocycles. The van der Waals surface area contributed by atoms with Crippen molar-refractivity contribution in [3.63, 3.8) is 0 Å². The van der Waals surface area contributed by atoms with E-state index in [0.29, 0.717) is 0 Å². The zero-order chi connectivity index (χ0) is 16.9. The Hall–Kier alpha value is -0.400. The summed E-state index contributed by atoms with van der Waals surface area (Å²) in [5, 5.41) is 56.7. The molecule has 8 atom stereocenters. The van der Waals surface area contributed by atoms with Crippen molar-refractivity contribution in [1.29, 1.82) is 0 Å². The Morgan fingerprint density at radius 2 is 1.68 bits per heavy atom. The number of hydrogen-bond acceptors (Lipinski definition) is 10. The molecule has 0 spiro atoms. The maximum absolute atomic E-state index is 9.82. The summed E-state index contributed by atoms with van der Waals surface area (Å²) in [6.07, 6.45) is -11.6. The highest BCUT2D eigenvalue weighted by Crippen LogP contribution is 2.25. The van der Waals surface area contributed by atoms with E-state index in [9.17, 15) is 25.5 Å². The van der Waals surface area contributed by atoms with Gasteiger partial charge in [-0.05, 0) is 13.8 Å². The van der Waals surface area contributed by atoms with Crippen LogP contribution in [0.1, 0.15) is 13.8 Å². The highest BCUT2D eigenvalue weighted by molar-refractivity contribution is 4.83. The van der Waals surface area contributed by atoms with E-state index in [0.717, 1.165) is 0 Å². The van der Waals surface area contributed by atoms with Gasteiger partial charge in [-0.15, -0.1) is 0 Å². The molecule has 10 nitrogen and oxygen atoms in total. The van der Waals surface area contributed by atoms with E-state index in [1.54, 1.807) is 6.92 Å². The van der Waals surface area contributed by atoms with E-state index in [-0.39, 0.29) is 6.61 Å². The molecular formula is C12H24O10. The van der Waals surface area contributed by atoms with Crippen LogP contribution in [0.25, 0.3) is 0 Å². The van der Waals surface area contributed by atoms with Crippen LogP contribution in [0, 0.1) is 0 Å². The highest BCUT2D eigenvalue weighted by Gasteiger charge is 2.46. The first kappa shape index (κ1) is 19.6. The molecule has 0 amide bonds. The minimum atomic E-state index is -1.68. The lowest BCUT2D eigenvalue weighted by atomic mass is 10.2. The van der Waals surface area contributed by atoms with Crippen LogP contribution in [0.15, 0.2) is 0 Å². The van der Waals surface area contributed by atoms with Gasteiger partial charge in [0.15, 0.2) is 25.2 Å². The molecule has 0 aromatic heterocycles. The largest absolute Gasteiger partial charge is 0.391 e. The normalized spacial score (nSPS) is 34.4. The fraction of sp³-hybridized carbons (Fsp3) is 1.00. The molecule has 0 aromatic carbocycles. The third-order valence-corrected chi connectivity index (χ3v) is 3.00. The third kappa shape index (κ3) is 5.06. The van der Waals surface area contributed by atoms with Crippen LogP contribution in [0.4, 0.5) is 0 Å². The first-order valence-corrected chi connectivity index (χ1v) is 6.91. The fourth-order valence-corrected chi connectivity index (χ4v) is 1.78. The second-order valence-corrected chi connectivity index (χ2v) is 4.82. The summed E-state index contributed by atoms with van der Waals surface area (Å²) in [7, 11) is 0. The van der Waals surface area contributed by atoms with Gasteiger partial charge >= 0.3 is 0 Å². The van der Waals surface area contributed by atoms with Crippen LogP contribution in [0.5, 0.6) is 0 Å². The molecule has 1 heterocycles. The van der Waals surface area contributed by atoms with Gasteiger partial charge < -0.3 is 49.6 Å². The highest BCUT2D eigenvalue weighted by atomic mass is 16.8. The molecule has 6 N–H and O–H groups in total. The van der Waals surface area contributed by atoms with E-state index in [1.807, 2.05) is 0 Å². The zero-order valence-corrected chi connectivity index (χ0v) is 12.3. The van der Waals surface area contributed by atoms with Gasteiger partial charge in [0.25, 0.3) is 0 Å². The van der Waals surface area contributed by atoms with Crippen LogP contribution in [-0.4, -0.2) is 93.4 Å². The molecule has 132 valence electrons. The second-order valence-electron chi connectivity index (χ2n) is 4.82. The number of aliphatic hydroxyl groups is 6. The van der Waals surface area contributed by atoms with Gasteiger partial charge in [0.05, 0.1) is 12.7 Å². The predicted molar refractivity (Wildman–Crippen MR) is 69.0 cm³/mol. The van der Waals surface area contributed by atoms with Gasteiger partial charge in [-0.25, -0.2) is 0 Å².